The second kappa shape index (κ2) is 18.7. The summed E-state index contributed by atoms with van der Waals surface area (Å²) in [6.45, 7) is 3.38. The maximum absolute atomic E-state index is 13.2. The summed E-state index contributed by atoms with van der Waals surface area (Å²) in [6.07, 6.45) is 3.92. The number of primary amides is 1. The molecule has 16 nitrogen and oxygen atoms in total. The molecule has 0 radical (unpaired) electrons. The van der Waals surface area contributed by atoms with Crippen molar-refractivity contribution in [2.75, 3.05) is 18.5 Å². The Balaban J connectivity index is 1.99. The highest BCUT2D eigenvalue weighted by molar-refractivity contribution is 5.98. The van der Waals surface area contributed by atoms with Crippen molar-refractivity contribution in [3.63, 3.8) is 0 Å². The van der Waals surface area contributed by atoms with Crippen LogP contribution in [0.2, 0.25) is 0 Å². The zero-order chi connectivity index (χ0) is 34.1. The summed E-state index contributed by atoms with van der Waals surface area (Å²) >= 11 is 0. The number of nitro benzene ring substituents is 1. The van der Waals surface area contributed by atoms with E-state index in [0.717, 1.165) is 0 Å². The van der Waals surface area contributed by atoms with Crippen LogP contribution in [0.5, 0.6) is 5.75 Å². The molecule has 0 spiro atoms. The first kappa shape index (κ1) is 36.3. The van der Waals surface area contributed by atoms with Crippen LogP contribution >= 0.6 is 0 Å². The van der Waals surface area contributed by atoms with Crippen LogP contribution in [0.4, 0.5) is 25.8 Å². The Hall–Kier alpha value is -5.85. The number of rotatable bonds is 16. The molecule has 5 amide bonds. The number of nitrogens with one attached hydrogen (secondary N) is 4. The number of carbonyl (C=O) groups excluding carboxylic acids is 5. The molecule has 2 aromatic carbocycles. The van der Waals surface area contributed by atoms with Gasteiger partial charge in [-0.1, -0.05) is 26.0 Å². The van der Waals surface area contributed by atoms with E-state index in [4.69, 9.17) is 26.4 Å². The van der Waals surface area contributed by atoms with Gasteiger partial charge in [0.2, 0.25) is 11.8 Å². The van der Waals surface area contributed by atoms with Gasteiger partial charge in [-0.05, 0) is 48.6 Å². The largest absolute Gasteiger partial charge is 0.514 e. The van der Waals surface area contributed by atoms with Crippen LogP contribution < -0.4 is 31.7 Å². The summed E-state index contributed by atoms with van der Waals surface area (Å²) in [6, 6.07) is 8.35. The molecule has 0 saturated heterocycles. The van der Waals surface area contributed by atoms with Crippen LogP contribution in [0.3, 0.4) is 0 Å². The fourth-order valence-electron chi connectivity index (χ4n) is 3.77. The van der Waals surface area contributed by atoms with Crippen LogP contribution in [0.1, 0.15) is 38.7 Å². The molecule has 2 aromatic rings. The first-order chi connectivity index (χ1) is 21.9. The molecule has 16 heteroatoms. The number of nitro groups is 1. The topological polar surface area (TPSA) is 230 Å². The summed E-state index contributed by atoms with van der Waals surface area (Å²) in [5.74, 6) is 0.848. The van der Waals surface area contributed by atoms with E-state index in [2.05, 4.69) is 27.2 Å². The van der Waals surface area contributed by atoms with Crippen molar-refractivity contribution < 1.29 is 43.1 Å². The maximum atomic E-state index is 13.2. The van der Waals surface area contributed by atoms with Crippen LogP contribution in [0, 0.1) is 28.4 Å². The van der Waals surface area contributed by atoms with Gasteiger partial charge in [0.15, 0.2) is 0 Å². The fraction of sp³-hybridized carbons (Fsp3) is 0.367. The van der Waals surface area contributed by atoms with E-state index >= 15 is 0 Å². The minimum Gasteiger partial charge on any atom is -0.449 e. The van der Waals surface area contributed by atoms with Gasteiger partial charge in [-0.3, -0.25) is 19.7 Å². The number of hydrogen-bond acceptors (Lipinski definition) is 10. The van der Waals surface area contributed by atoms with Gasteiger partial charge < -0.3 is 41.2 Å². The molecule has 0 heterocycles. The lowest BCUT2D eigenvalue weighted by atomic mass is 10.0. The summed E-state index contributed by atoms with van der Waals surface area (Å²) in [5, 5.41) is 21.0. The van der Waals surface area contributed by atoms with Gasteiger partial charge >= 0.3 is 18.3 Å². The van der Waals surface area contributed by atoms with Crippen molar-refractivity contribution in [1.29, 1.82) is 0 Å². The van der Waals surface area contributed by atoms with Gasteiger partial charge in [0.25, 0.3) is 5.69 Å². The Bertz CT molecular complexity index is 1410. The molecule has 0 aliphatic carbocycles. The van der Waals surface area contributed by atoms with Gasteiger partial charge in [0.1, 0.15) is 31.0 Å². The standard InChI is InChI=1S/C30H36N6O10/c1-4-5-17-44-29(40)35-25(19(2)3)27(38)34-24(7-6-16-32-28(31)39)26(37)33-21-10-8-20(9-11-21)18-45-30(41)46-23-14-12-22(13-15-23)36(42)43/h1,8-15,19,24-25H,5-7,16-18H2,2-3H3,(H,33,37)(H,34,38)(H,35,40)(H3,31,32,39)/t24?,25-/m0/s1. The number of carbonyl (C=O) groups is 5. The lowest BCUT2D eigenvalue weighted by Crippen LogP contribution is -2.54. The van der Waals surface area contributed by atoms with Gasteiger partial charge in [-0.2, -0.15) is 0 Å². The third-order valence-electron chi connectivity index (χ3n) is 6.13. The molecule has 0 bridgehead atoms. The molecule has 2 atom stereocenters. The first-order valence-corrected chi connectivity index (χ1v) is 14.1. The van der Waals surface area contributed by atoms with Gasteiger partial charge in [0.05, 0.1) is 4.92 Å². The molecule has 246 valence electrons. The summed E-state index contributed by atoms with van der Waals surface area (Å²) < 4.78 is 15.0. The van der Waals surface area contributed by atoms with Gasteiger partial charge in [-0.25, -0.2) is 14.4 Å². The molecule has 0 aliphatic rings. The number of non-ortho nitro benzene ring substituents is 1. The van der Waals surface area contributed by atoms with E-state index in [1.54, 1.807) is 38.1 Å². The number of urea groups is 1. The van der Waals surface area contributed by atoms with Crippen molar-refractivity contribution in [1.82, 2.24) is 16.0 Å². The van der Waals surface area contributed by atoms with Crippen LogP contribution in [0.25, 0.3) is 0 Å². The van der Waals surface area contributed by atoms with Crippen molar-refractivity contribution in [2.24, 2.45) is 11.7 Å². The lowest BCUT2D eigenvalue weighted by Gasteiger charge is -2.25. The SMILES string of the molecule is C#CCCOC(=O)N[C@H](C(=O)NC(CCCNC(N)=O)C(=O)Nc1ccc(COC(=O)Oc2ccc([N+](=O)[O-])cc2)cc1)C(C)C. The summed E-state index contributed by atoms with van der Waals surface area (Å²) in [4.78, 5) is 71.6. The summed E-state index contributed by atoms with van der Waals surface area (Å²) in [7, 11) is 0. The second-order valence-corrected chi connectivity index (χ2v) is 10.0. The number of alkyl carbamates (subject to hydrolysis) is 1. The number of anilines is 1. The van der Waals surface area contributed by atoms with Crippen molar-refractivity contribution in [2.45, 2.75) is 51.8 Å². The highest BCUT2D eigenvalue weighted by Crippen LogP contribution is 2.18. The molecule has 0 fully saturated rings. The monoisotopic (exact) mass is 640 g/mol. The number of terminal acetylenes is 1. The van der Waals surface area contributed by atoms with E-state index in [-0.39, 0.29) is 50.0 Å². The van der Waals surface area contributed by atoms with Crippen molar-refractivity contribution in [3.8, 4) is 18.1 Å². The number of nitrogens with zero attached hydrogens (tertiary/aromatic N) is 1. The van der Waals surface area contributed by atoms with Gasteiger partial charge in [0, 0.05) is 30.8 Å². The Kier molecular flexibility index (Phi) is 14.8. The highest BCUT2D eigenvalue weighted by atomic mass is 16.7. The Morgan fingerprint density at radius 3 is 2.24 bits per heavy atom. The third-order valence-corrected chi connectivity index (χ3v) is 6.13. The third kappa shape index (κ3) is 13.2. The van der Waals surface area contributed by atoms with Crippen molar-refractivity contribution >= 4 is 41.5 Å². The number of ether oxygens (including phenoxy) is 3. The number of benzene rings is 2. The van der Waals surface area contributed by atoms with E-state index in [1.165, 1.54) is 24.3 Å². The molecule has 6 N–H and O–H groups in total. The normalized spacial score (nSPS) is 11.6. The fourth-order valence-corrected chi connectivity index (χ4v) is 3.77. The molecular formula is C30H36N6O10. The van der Waals surface area contributed by atoms with Gasteiger partial charge in [-0.15, -0.1) is 12.3 Å². The van der Waals surface area contributed by atoms with Crippen LogP contribution in [-0.4, -0.2) is 60.3 Å². The smallest absolute Gasteiger partial charge is 0.449 e. The highest BCUT2D eigenvalue weighted by Gasteiger charge is 2.29. The molecule has 0 aromatic heterocycles. The molecule has 2 rings (SSSR count). The Labute approximate surface area is 264 Å². The maximum Gasteiger partial charge on any atom is 0.514 e. The molecule has 1 unspecified atom stereocenters. The average Bonchev–Trinajstić information content (AvgIpc) is 3.01. The Morgan fingerprint density at radius 2 is 1.65 bits per heavy atom. The molecule has 0 saturated carbocycles. The lowest BCUT2D eigenvalue weighted by molar-refractivity contribution is -0.384. The number of nitrogens with two attached hydrogens (primary N) is 1. The minimum atomic E-state index is -1.06. The predicted molar refractivity (Wildman–Crippen MR) is 164 cm³/mol. The zero-order valence-electron chi connectivity index (χ0n) is 25.3. The molecule has 0 aliphatic heterocycles. The zero-order valence-corrected chi connectivity index (χ0v) is 25.3. The minimum absolute atomic E-state index is 0.0240. The average molecular weight is 641 g/mol. The molecular weight excluding hydrogens is 604 g/mol. The Morgan fingerprint density at radius 1 is 0.978 bits per heavy atom. The van der Waals surface area contributed by atoms with E-state index < -0.39 is 47.1 Å². The van der Waals surface area contributed by atoms with E-state index in [1.807, 2.05) is 0 Å². The van der Waals surface area contributed by atoms with Crippen LogP contribution in [-0.2, 0) is 25.7 Å². The molecule has 46 heavy (non-hydrogen) atoms. The van der Waals surface area contributed by atoms with E-state index in [9.17, 15) is 34.1 Å². The summed E-state index contributed by atoms with van der Waals surface area (Å²) in [5.41, 5.74) is 5.86. The van der Waals surface area contributed by atoms with Crippen molar-refractivity contribution in [3.05, 3.63) is 64.2 Å². The number of amides is 5. The first-order valence-electron chi connectivity index (χ1n) is 14.1. The second-order valence-electron chi connectivity index (χ2n) is 10.0. The predicted octanol–water partition coefficient (Wildman–Crippen LogP) is 2.96. The quantitative estimate of drug-likeness (QED) is 0.0450. The number of hydrogen-bond donors (Lipinski definition) is 5. The van der Waals surface area contributed by atoms with Crippen LogP contribution in [0.15, 0.2) is 48.5 Å². The van der Waals surface area contributed by atoms with E-state index in [0.29, 0.717) is 17.7 Å².